The molecule has 2 aliphatic heterocycles. The molecule has 140 valence electrons. The number of hydrogen-bond donors (Lipinski definition) is 0. The Balaban J connectivity index is 1.59. The number of hydrogen-bond acceptors (Lipinski definition) is 2. The Bertz CT molecular complexity index is 831. The first-order valence-corrected chi connectivity index (χ1v) is 9.66. The molecule has 2 heterocycles. The molecule has 2 aromatic carbocycles. The van der Waals surface area contributed by atoms with E-state index in [-0.39, 0.29) is 11.7 Å². The Morgan fingerprint density at radius 2 is 1.85 bits per heavy atom. The fraction of sp³-hybridized carbons (Fsp3) is 0.348. The SMILES string of the molecule is CN1[C@H]2CC[C@@H]1C=C(N(CCc1ccccc1)C(=O)c1ccc(F)cc1)C2. The first kappa shape index (κ1) is 17.9. The first-order chi connectivity index (χ1) is 13.1. The second-order valence-electron chi connectivity index (χ2n) is 7.53. The molecule has 2 bridgehead atoms. The van der Waals surface area contributed by atoms with Crippen LogP contribution in [0, 0.1) is 5.82 Å². The lowest BCUT2D eigenvalue weighted by Gasteiger charge is -2.35. The van der Waals surface area contributed by atoms with Crippen LogP contribution in [0.4, 0.5) is 4.39 Å². The van der Waals surface area contributed by atoms with Crippen molar-refractivity contribution < 1.29 is 9.18 Å². The highest BCUT2D eigenvalue weighted by Gasteiger charge is 2.36. The molecule has 0 spiro atoms. The molecular weight excluding hydrogens is 339 g/mol. The Morgan fingerprint density at radius 1 is 1.11 bits per heavy atom. The average molecular weight is 364 g/mol. The summed E-state index contributed by atoms with van der Waals surface area (Å²) < 4.78 is 13.3. The molecule has 1 amide bonds. The molecule has 0 saturated carbocycles. The van der Waals surface area contributed by atoms with Crippen molar-refractivity contribution in [3.05, 3.63) is 83.3 Å². The van der Waals surface area contributed by atoms with E-state index in [1.54, 1.807) is 12.1 Å². The van der Waals surface area contributed by atoms with E-state index in [1.807, 2.05) is 23.1 Å². The smallest absolute Gasteiger partial charge is 0.258 e. The van der Waals surface area contributed by atoms with E-state index in [0.717, 1.165) is 25.0 Å². The summed E-state index contributed by atoms with van der Waals surface area (Å²) in [6.45, 7) is 0.634. The summed E-state index contributed by atoms with van der Waals surface area (Å²) in [5, 5.41) is 0. The van der Waals surface area contributed by atoms with Gasteiger partial charge in [-0.2, -0.15) is 0 Å². The zero-order valence-electron chi connectivity index (χ0n) is 15.6. The van der Waals surface area contributed by atoms with Crippen molar-refractivity contribution >= 4 is 5.91 Å². The molecule has 2 aromatic rings. The van der Waals surface area contributed by atoms with Gasteiger partial charge in [-0.15, -0.1) is 0 Å². The van der Waals surface area contributed by atoms with Gasteiger partial charge >= 0.3 is 0 Å². The monoisotopic (exact) mass is 364 g/mol. The molecule has 3 nitrogen and oxygen atoms in total. The molecule has 0 unspecified atom stereocenters. The number of fused-ring (bicyclic) bond motifs is 2. The third-order valence-electron chi connectivity index (χ3n) is 5.87. The van der Waals surface area contributed by atoms with Crippen LogP contribution >= 0.6 is 0 Å². The normalized spacial score (nSPS) is 21.8. The largest absolute Gasteiger partial charge is 0.312 e. The van der Waals surface area contributed by atoms with Crippen LogP contribution in [0.3, 0.4) is 0 Å². The van der Waals surface area contributed by atoms with Gasteiger partial charge in [0.15, 0.2) is 0 Å². The molecule has 4 heteroatoms. The number of benzene rings is 2. The lowest BCUT2D eigenvalue weighted by atomic mass is 10.0. The molecular formula is C23H25FN2O. The maximum atomic E-state index is 13.3. The molecule has 1 saturated heterocycles. The van der Waals surface area contributed by atoms with Crippen LogP contribution in [0.25, 0.3) is 0 Å². The van der Waals surface area contributed by atoms with Crippen LogP contribution in [0.2, 0.25) is 0 Å². The minimum atomic E-state index is -0.320. The minimum Gasteiger partial charge on any atom is -0.312 e. The number of amides is 1. The lowest BCUT2D eigenvalue weighted by Crippen LogP contribution is -2.41. The number of carbonyl (C=O) groups is 1. The average Bonchev–Trinajstić information content (AvgIpc) is 2.90. The highest BCUT2D eigenvalue weighted by atomic mass is 19.1. The zero-order chi connectivity index (χ0) is 18.8. The predicted octanol–water partition coefficient (Wildman–Crippen LogP) is 4.26. The minimum absolute atomic E-state index is 0.0406. The van der Waals surface area contributed by atoms with Crippen LogP contribution in [-0.2, 0) is 6.42 Å². The van der Waals surface area contributed by atoms with Crippen LogP contribution in [0.5, 0.6) is 0 Å². The Labute approximate surface area is 160 Å². The van der Waals surface area contributed by atoms with E-state index in [9.17, 15) is 9.18 Å². The van der Waals surface area contributed by atoms with Gasteiger partial charge in [0.2, 0.25) is 0 Å². The Hall–Kier alpha value is -2.46. The second-order valence-corrected chi connectivity index (χ2v) is 7.53. The Kier molecular flexibility index (Phi) is 5.08. The predicted molar refractivity (Wildman–Crippen MR) is 105 cm³/mol. The van der Waals surface area contributed by atoms with Gasteiger partial charge in [-0.3, -0.25) is 9.69 Å². The molecule has 0 aromatic heterocycles. The number of likely N-dealkylation sites (N-methyl/N-ethyl adjacent to an activating group) is 1. The van der Waals surface area contributed by atoms with Gasteiger partial charge in [0, 0.05) is 36.3 Å². The summed E-state index contributed by atoms with van der Waals surface area (Å²) in [5.74, 6) is -0.361. The summed E-state index contributed by atoms with van der Waals surface area (Å²) >= 11 is 0. The highest BCUT2D eigenvalue weighted by Crippen LogP contribution is 2.35. The molecule has 1 fully saturated rings. The number of nitrogens with zero attached hydrogens (tertiary/aromatic N) is 2. The third kappa shape index (κ3) is 3.81. The third-order valence-corrected chi connectivity index (χ3v) is 5.87. The van der Waals surface area contributed by atoms with E-state index < -0.39 is 0 Å². The van der Waals surface area contributed by atoms with Crippen LogP contribution in [-0.4, -0.2) is 41.4 Å². The van der Waals surface area contributed by atoms with Crippen molar-refractivity contribution in [2.45, 2.75) is 37.8 Å². The topological polar surface area (TPSA) is 23.6 Å². The van der Waals surface area contributed by atoms with Crippen molar-refractivity contribution in [2.24, 2.45) is 0 Å². The van der Waals surface area contributed by atoms with Crippen LogP contribution in [0.15, 0.2) is 66.4 Å². The van der Waals surface area contributed by atoms with Gasteiger partial charge < -0.3 is 4.90 Å². The van der Waals surface area contributed by atoms with E-state index in [0.29, 0.717) is 24.2 Å². The molecule has 27 heavy (non-hydrogen) atoms. The van der Waals surface area contributed by atoms with E-state index in [2.05, 4.69) is 30.2 Å². The number of carbonyl (C=O) groups excluding carboxylic acids is 1. The van der Waals surface area contributed by atoms with Gasteiger partial charge in [0.05, 0.1) is 0 Å². The fourth-order valence-electron chi connectivity index (χ4n) is 4.23. The summed E-state index contributed by atoms with van der Waals surface area (Å²) in [4.78, 5) is 17.6. The Morgan fingerprint density at radius 3 is 2.56 bits per heavy atom. The van der Waals surface area contributed by atoms with E-state index >= 15 is 0 Å². The van der Waals surface area contributed by atoms with Crippen molar-refractivity contribution in [3.8, 4) is 0 Å². The van der Waals surface area contributed by atoms with Crippen molar-refractivity contribution in [1.82, 2.24) is 9.80 Å². The first-order valence-electron chi connectivity index (χ1n) is 9.66. The van der Waals surface area contributed by atoms with Gasteiger partial charge in [-0.05, 0) is 62.2 Å². The summed E-state index contributed by atoms with van der Waals surface area (Å²) in [7, 11) is 2.17. The number of rotatable bonds is 5. The fourth-order valence-corrected chi connectivity index (χ4v) is 4.23. The molecule has 2 atom stereocenters. The second kappa shape index (κ2) is 7.65. The molecule has 0 radical (unpaired) electrons. The summed E-state index contributed by atoms with van der Waals surface area (Å²) in [6, 6.07) is 17.0. The summed E-state index contributed by atoms with van der Waals surface area (Å²) in [5.41, 5.74) is 2.87. The molecule has 4 rings (SSSR count). The van der Waals surface area contributed by atoms with Crippen molar-refractivity contribution in [1.29, 1.82) is 0 Å². The van der Waals surface area contributed by atoms with Crippen molar-refractivity contribution in [2.75, 3.05) is 13.6 Å². The zero-order valence-corrected chi connectivity index (χ0v) is 15.6. The quantitative estimate of drug-likeness (QED) is 0.791. The van der Waals surface area contributed by atoms with E-state index in [4.69, 9.17) is 0 Å². The maximum Gasteiger partial charge on any atom is 0.258 e. The highest BCUT2D eigenvalue weighted by molar-refractivity contribution is 5.95. The van der Waals surface area contributed by atoms with Gasteiger partial charge in [-0.1, -0.05) is 30.3 Å². The summed E-state index contributed by atoms with van der Waals surface area (Å²) in [6.07, 6.45) is 6.29. The van der Waals surface area contributed by atoms with Crippen LogP contribution in [0.1, 0.15) is 35.2 Å². The standard InChI is InChI=1S/C23H25FN2O/c1-25-20-11-12-21(25)16-22(15-20)26(14-13-17-5-3-2-4-6-17)23(27)18-7-9-19(24)10-8-18/h2-10,15,20-21H,11-14,16H2,1H3/t20-,21+/m1/s1. The van der Waals surface area contributed by atoms with Crippen LogP contribution < -0.4 is 0 Å². The van der Waals surface area contributed by atoms with Gasteiger partial charge in [0.25, 0.3) is 5.91 Å². The van der Waals surface area contributed by atoms with E-state index in [1.165, 1.54) is 24.1 Å². The molecule has 2 aliphatic rings. The van der Waals surface area contributed by atoms with Gasteiger partial charge in [0.1, 0.15) is 5.82 Å². The van der Waals surface area contributed by atoms with Gasteiger partial charge in [-0.25, -0.2) is 4.39 Å². The molecule has 0 aliphatic carbocycles. The number of halogens is 1. The lowest BCUT2D eigenvalue weighted by molar-refractivity contribution is 0.0787. The van der Waals surface area contributed by atoms with Crippen molar-refractivity contribution in [3.63, 3.8) is 0 Å². The molecule has 0 N–H and O–H groups in total. The maximum absolute atomic E-state index is 13.3.